The van der Waals surface area contributed by atoms with E-state index in [1.165, 1.54) is 0 Å². The van der Waals surface area contributed by atoms with Crippen LogP contribution in [0.25, 0.3) is 11.4 Å². The molecule has 128 valence electrons. The zero-order valence-corrected chi connectivity index (χ0v) is 14.2. The molecule has 1 aliphatic rings. The fourth-order valence-electron chi connectivity index (χ4n) is 2.67. The molecule has 1 saturated heterocycles. The zero-order valence-electron chi connectivity index (χ0n) is 14.2. The molecule has 2 heterocycles. The predicted octanol–water partition coefficient (Wildman–Crippen LogP) is 1.92. The highest BCUT2D eigenvalue weighted by atomic mass is 16.6. The topological polar surface area (TPSA) is 87.2 Å². The van der Waals surface area contributed by atoms with Gasteiger partial charge in [-0.2, -0.15) is 5.21 Å². The molecule has 0 saturated carbocycles. The summed E-state index contributed by atoms with van der Waals surface area (Å²) in [6, 6.07) is 7.94. The molecule has 0 bridgehead atoms. The predicted molar refractivity (Wildman–Crippen MR) is 89.6 cm³/mol. The summed E-state index contributed by atoms with van der Waals surface area (Å²) in [6.07, 6.45) is -0.256. The number of nitrogens with one attached hydrogen (secondary N) is 1. The highest BCUT2D eigenvalue weighted by molar-refractivity contribution is 5.74. The van der Waals surface area contributed by atoms with E-state index in [-0.39, 0.29) is 6.09 Å². The number of aromatic nitrogens is 4. The lowest BCUT2D eigenvalue weighted by molar-refractivity contribution is 0.0240. The molecule has 0 atom stereocenters. The number of amides is 1. The molecule has 0 aliphatic carbocycles. The normalized spacial score (nSPS) is 15.5. The number of para-hydroxylation sites is 1. The number of rotatable bonds is 2. The van der Waals surface area contributed by atoms with Gasteiger partial charge in [-0.15, -0.1) is 10.2 Å². The molecular formula is C16H22N6O2. The lowest BCUT2D eigenvalue weighted by Crippen LogP contribution is -2.50. The van der Waals surface area contributed by atoms with E-state index in [9.17, 15) is 4.79 Å². The van der Waals surface area contributed by atoms with Crippen LogP contribution in [0.15, 0.2) is 24.3 Å². The van der Waals surface area contributed by atoms with Crippen LogP contribution in [0.5, 0.6) is 0 Å². The van der Waals surface area contributed by atoms with Gasteiger partial charge >= 0.3 is 6.09 Å². The van der Waals surface area contributed by atoms with Crippen molar-refractivity contribution >= 4 is 11.8 Å². The molecule has 1 aromatic carbocycles. The second-order valence-electron chi connectivity index (χ2n) is 6.71. The first-order valence-corrected chi connectivity index (χ1v) is 8.00. The minimum absolute atomic E-state index is 0.256. The molecule has 1 aromatic heterocycles. The van der Waals surface area contributed by atoms with Gasteiger partial charge in [0.1, 0.15) is 5.60 Å². The van der Waals surface area contributed by atoms with Crippen LogP contribution in [0.3, 0.4) is 0 Å². The van der Waals surface area contributed by atoms with Gasteiger partial charge in [0.15, 0.2) is 0 Å². The van der Waals surface area contributed by atoms with Crippen LogP contribution in [0.1, 0.15) is 20.8 Å². The maximum atomic E-state index is 12.2. The first-order valence-electron chi connectivity index (χ1n) is 8.00. The molecule has 2 aromatic rings. The van der Waals surface area contributed by atoms with Gasteiger partial charge in [0, 0.05) is 37.4 Å². The van der Waals surface area contributed by atoms with Crippen molar-refractivity contribution in [3.05, 3.63) is 24.3 Å². The molecule has 24 heavy (non-hydrogen) atoms. The lowest BCUT2D eigenvalue weighted by atomic mass is 10.1. The van der Waals surface area contributed by atoms with Gasteiger partial charge in [-0.05, 0) is 38.1 Å². The molecule has 0 spiro atoms. The summed E-state index contributed by atoms with van der Waals surface area (Å²) in [7, 11) is 0. The van der Waals surface area contributed by atoms with Crippen LogP contribution in [0.2, 0.25) is 0 Å². The van der Waals surface area contributed by atoms with Crippen molar-refractivity contribution < 1.29 is 9.53 Å². The van der Waals surface area contributed by atoms with E-state index in [4.69, 9.17) is 4.74 Å². The second-order valence-corrected chi connectivity index (χ2v) is 6.71. The Labute approximate surface area is 140 Å². The van der Waals surface area contributed by atoms with Gasteiger partial charge in [0.05, 0.1) is 0 Å². The molecule has 8 nitrogen and oxygen atoms in total. The maximum absolute atomic E-state index is 12.2. The van der Waals surface area contributed by atoms with Crippen LogP contribution in [-0.4, -0.2) is 63.4 Å². The third-order valence-corrected chi connectivity index (χ3v) is 3.76. The van der Waals surface area contributed by atoms with Crippen LogP contribution in [0.4, 0.5) is 10.5 Å². The Morgan fingerprint density at radius 1 is 1.17 bits per heavy atom. The van der Waals surface area contributed by atoms with Crippen molar-refractivity contribution in [2.24, 2.45) is 0 Å². The molecular weight excluding hydrogens is 308 g/mol. The van der Waals surface area contributed by atoms with Crippen molar-refractivity contribution in [1.29, 1.82) is 0 Å². The van der Waals surface area contributed by atoms with Crippen LogP contribution in [-0.2, 0) is 4.74 Å². The number of carbonyl (C=O) groups excluding carboxylic acids is 1. The molecule has 0 unspecified atom stereocenters. The Bertz CT molecular complexity index is 687. The monoisotopic (exact) mass is 330 g/mol. The number of benzene rings is 1. The average Bonchev–Trinajstić information content (AvgIpc) is 3.08. The SMILES string of the molecule is CC(C)(C)OC(=O)N1CCN(c2ccccc2-c2nn[nH]n2)CC1. The van der Waals surface area contributed by atoms with Gasteiger partial charge in [0.2, 0.25) is 5.82 Å². The van der Waals surface area contributed by atoms with Crippen molar-refractivity contribution in [3.63, 3.8) is 0 Å². The number of anilines is 1. The molecule has 1 fully saturated rings. The van der Waals surface area contributed by atoms with E-state index < -0.39 is 5.60 Å². The van der Waals surface area contributed by atoms with E-state index in [1.54, 1.807) is 4.90 Å². The summed E-state index contributed by atoms with van der Waals surface area (Å²) in [4.78, 5) is 16.1. The summed E-state index contributed by atoms with van der Waals surface area (Å²) in [6.45, 7) is 8.33. The first-order chi connectivity index (χ1) is 11.4. The fourth-order valence-corrected chi connectivity index (χ4v) is 2.67. The number of H-pyrrole nitrogens is 1. The van der Waals surface area contributed by atoms with E-state index in [0.29, 0.717) is 18.9 Å². The van der Waals surface area contributed by atoms with E-state index in [1.807, 2.05) is 45.0 Å². The average molecular weight is 330 g/mol. The Morgan fingerprint density at radius 3 is 2.50 bits per heavy atom. The Hall–Kier alpha value is -2.64. The molecule has 8 heteroatoms. The van der Waals surface area contributed by atoms with E-state index in [2.05, 4.69) is 25.5 Å². The second kappa shape index (κ2) is 6.46. The van der Waals surface area contributed by atoms with E-state index in [0.717, 1.165) is 24.3 Å². The zero-order chi connectivity index (χ0) is 17.2. The van der Waals surface area contributed by atoms with Crippen molar-refractivity contribution in [3.8, 4) is 11.4 Å². The lowest BCUT2D eigenvalue weighted by Gasteiger charge is -2.37. The number of ether oxygens (including phenoxy) is 1. The Balaban J connectivity index is 1.69. The van der Waals surface area contributed by atoms with Crippen LogP contribution in [0, 0.1) is 0 Å². The minimum Gasteiger partial charge on any atom is -0.444 e. The maximum Gasteiger partial charge on any atom is 0.410 e. The summed E-state index contributed by atoms with van der Waals surface area (Å²) in [5.74, 6) is 0.570. The van der Waals surface area contributed by atoms with Gasteiger partial charge in [-0.3, -0.25) is 0 Å². The van der Waals surface area contributed by atoms with Gasteiger partial charge in [0.25, 0.3) is 0 Å². The minimum atomic E-state index is -0.473. The van der Waals surface area contributed by atoms with Gasteiger partial charge < -0.3 is 14.5 Å². The molecule has 3 rings (SSSR count). The third kappa shape index (κ3) is 3.64. The number of aromatic amines is 1. The number of hydrogen-bond acceptors (Lipinski definition) is 6. The smallest absolute Gasteiger partial charge is 0.410 e. The van der Waals surface area contributed by atoms with Crippen LogP contribution < -0.4 is 4.90 Å². The summed E-state index contributed by atoms with van der Waals surface area (Å²) in [5, 5.41) is 14.2. The summed E-state index contributed by atoms with van der Waals surface area (Å²) < 4.78 is 5.44. The Kier molecular flexibility index (Phi) is 4.37. The Morgan fingerprint density at radius 2 is 1.88 bits per heavy atom. The van der Waals surface area contributed by atoms with Crippen molar-refractivity contribution in [2.45, 2.75) is 26.4 Å². The molecule has 0 radical (unpaired) electrons. The van der Waals surface area contributed by atoms with Crippen LogP contribution >= 0.6 is 0 Å². The first kappa shape index (κ1) is 16.2. The molecule has 1 aliphatic heterocycles. The van der Waals surface area contributed by atoms with E-state index >= 15 is 0 Å². The number of carbonyl (C=O) groups is 1. The largest absolute Gasteiger partial charge is 0.444 e. The number of hydrogen-bond donors (Lipinski definition) is 1. The summed E-state index contributed by atoms with van der Waals surface area (Å²) in [5.41, 5.74) is 1.50. The molecule has 1 N–H and O–H groups in total. The van der Waals surface area contributed by atoms with Crippen molar-refractivity contribution in [1.82, 2.24) is 25.5 Å². The third-order valence-electron chi connectivity index (χ3n) is 3.76. The van der Waals surface area contributed by atoms with Gasteiger partial charge in [-0.1, -0.05) is 12.1 Å². The fraction of sp³-hybridized carbons (Fsp3) is 0.500. The van der Waals surface area contributed by atoms with Crippen molar-refractivity contribution in [2.75, 3.05) is 31.1 Å². The number of nitrogens with zero attached hydrogens (tertiary/aromatic N) is 5. The number of piperazine rings is 1. The standard InChI is InChI=1S/C16H22N6O2/c1-16(2,3)24-15(23)22-10-8-21(9-11-22)13-7-5-4-6-12(13)14-17-19-20-18-14/h4-7H,8-11H2,1-3H3,(H,17,18,19,20). The molecule has 1 amide bonds. The van der Waals surface area contributed by atoms with Gasteiger partial charge in [-0.25, -0.2) is 4.79 Å². The highest BCUT2D eigenvalue weighted by Crippen LogP contribution is 2.28. The quantitative estimate of drug-likeness (QED) is 0.905. The highest BCUT2D eigenvalue weighted by Gasteiger charge is 2.27. The summed E-state index contributed by atoms with van der Waals surface area (Å²) >= 11 is 0. The number of tetrazole rings is 1.